The van der Waals surface area contributed by atoms with Gasteiger partial charge in [-0.3, -0.25) is 3.97 Å². The number of nitriles is 1. The van der Waals surface area contributed by atoms with E-state index >= 15 is 0 Å². The first kappa shape index (κ1) is 13.7. The number of nitrogens with zero attached hydrogens (tertiary/aromatic N) is 2. The van der Waals surface area contributed by atoms with Gasteiger partial charge in [0.05, 0.1) is 12.1 Å². The van der Waals surface area contributed by atoms with Gasteiger partial charge in [-0.1, -0.05) is 49.2 Å². The molecular formula is C17H14N2OS. The molecule has 0 aliphatic heterocycles. The molecule has 0 aliphatic carbocycles. The Morgan fingerprint density at radius 2 is 1.86 bits per heavy atom. The number of rotatable bonds is 3. The normalized spacial score (nSPS) is 12.2. The van der Waals surface area contributed by atoms with E-state index in [9.17, 15) is 5.11 Å². The van der Waals surface area contributed by atoms with Crippen LogP contribution in [0.5, 0.6) is 0 Å². The number of aliphatic hydroxyl groups is 1. The Balaban J connectivity index is 2.10. The molecule has 0 saturated heterocycles. The highest BCUT2D eigenvalue weighted by molar-refractivity contribution is 7.78. The predicted molar refractivity (Wildman–Crippen MR) is 86.4 cm³/mol. The summed E-state index contributed by atoms with van der Waals surface area (Å²) in [4.78, 5) is 0. The molecule has 3 aromatic rings. The van der Waals surface area contributed by atoms with Gasteiger partial charge in [0.2, 0.25) is 0 Å². The van der Waals surface area contributed by atoms with Gasteiger partial charge in [-0.25, -0.2) is 0 Å². The zero-order valence-corrected chi connectivity index (χ0v) is 12.2. The average Bonchev–Trinajstić information content (AvgIpc) is 2.85. The van der Waals surface area contributed by atoms with Crippen molar-refractivity contribution in [2.75, 3.05) is 6.61 Å². The van der Waals surface area contributed by atoms with E-state index in [0.29, 0.717) is 5.69 Å². The first-order chi connectivity index (χ1) is 10.2. The number of benzene rings is 2. The van der Waals surface area contributed by atoms with Crippen molar-refractivity contribution < 1.29 is 5.11 Å². The van der Waals surface area contributed by atoms with Gasteiger partial charge in [-0.15, -0.1) is 0 Å². The maximum Gasteiger partial charge on any atom is 0.131 e. The summed E-state index contributed by atoms with van der Waals surface area (Å²) in [5, 5.41) is 19.8. The third kappa shape index (κ3) is 2.42. The summed E-state index contributed by atoms with van der Waals surface area (Å²) in [5.74, 6) is -0.0654. The molecule has 1 N–H and O–H groups in total. The summed E-state index contributed by atoms with van der Waals surface area (Å²) in [6, 6.07) is 19.8. The first-order valence-electron chi connectivity index (χ1n) is 6.65. The van der Waals surface area contributed by atoms with Gasteiger partial charge in [0.1, 0.15) is 11.8 Å². The highest BCUT2D eigenvalue weighted by Crippen LogP contribution is 2.29. The van der Waals surface area contributed by atoms with Gasteiger partial charge in [0, 0.05) is 11.3 Å². The van der Waals surface area contributed by atoms with E-state index in [1.807, 2.05) is 54.6 Å². The highest BCUT2D eigenvalue weighted by atomic mass is 32.1. The molecule has 1 heterocycles. The Morgan fingerprint density at radius 3 is 2.52 bits per heavy atom. The summed E-state index contributed by atoms with van der Waals surface area (Å²) >= 11 is 4.32. The van der Waals surface area contributed by atoms with Crippen molar-refractivity contribution in [3.05, 3.63) is 71.4 Å². The topological polar surface area (TPSA) is 48.9 Å². The molecule has 104 valence electrons. The molecule has 1 atom stereocenters. The molecule has 4 heteroatoms. The van der Waals surface area contributed by atoms with E-state index < -0.39 is 0 Å². The second kappa shape index (κ2) is 5.65. The smallest absolute Gasteiger partial charge is 0.131 e. The first-order valence-corrected chi connectivity index (χ1v) is 7.05. The zero-order chi connectivity index (χ0) is 14.8. The molecule has 3 nitrogen and oxygen atoms in total. The molecule has 0 saturated carbocycles. The maximum atomic E-state index is 9.74. The van der Waals surface area contributed by atoms with Crippen molar-refractivity contribution in [1.29, 1.82) is 5.26 Å². The molecule has 0 amide bonds. The quantitative estimate of drug-likeness (QED) is 0.728. The fraction of sp³-hybridized carbons (Fsp3) is 0.118. The Bertz CT molecular complexity index is 818. The van der Waals surface area contributed by atoms with E-state index in [4.69, 9.17) is 5.26 Å². The molecule has 0 radical (unpaired) electrons. The maximum absolute atomic E-state index is 9.74. The average molecular weight is 294 g/mol. The van der Waals surface area contributed by atoms with Gasteiger partial charge in [0.15, 0.2) is 0 Å². The Kier molecular flexibility index (Phi) is 3.70. The fourth-order valence-corrected chi connectivity index (χ4v) is 2.89. The summed E-state index contributed by atoms with van der Waals surface area (Å²) < 4.78 is 1.58. The number of hydrogen-bond donors (Lipinski definition) is 2. The van der Waals surface area contributed by atoms with Gasteiger partial charge in [-0.05, 0) is 29.3 Å². The molecule has 1 unspecified atom stereocenters. The zero-order valence-electron chi connectivity index (χ0n) is 11.3. The van der Waals surface area contributed by atoms with E-state index in [-0.39, 0.29) is 12.5 Å². The van der Waals surface area contributed by atoms with Crippen LogP contribution in [0.25, 0.3) is 10.9 Å². The minimum Gasteiger partial charge on any atom is -0.395 e. The molecule has 2 aromatic carbocycles. The Morgan fingerprint density at radius 1 is 1.10 bits per heavy atom. The summed E-state index contributed by atoms with van der Waals surface area (Å²) in [5.41, 5.74) is 3.50. The third-order valence-corrected chi connectivity index (χ3v) is 4.13. The lowest BCUT2D eigenvalue weighted by atomic mass is 9.91. The number of aliphatic hydroxyl groups excluding tert-OH is 1. The van der Waals surface area contributed by atoms with Gasteiger partial charge in [-0.2, -0.15) is 5.26 Å². The van der Waals surface area contributed by atoms with Crippen molar-refractivity contribution in [3.63, 3.8) is 0 Å². The van der Waals surface area contributed by atoms with Gasteiger partial charge >= 0.3 is 0 Å². The second-order valence-corrected chi connectivity index (χ2v) is 5.32. The van der Waals surface area contributed by atoms with Crippen LogP contribution < -0.4 is 0 Å². The molecular weight excluding hydrogens is 280 g/mol. The van der Waals surface area contributed by atoms with Crippen LogP contribution >= 0.6 is 12.8 Å². The number of hydrogen-bond acceptors (Lipinski definition) is 3. The largest absolute Gasteiger partial charge is 0.395 e. The molecule has 1 aromatic heterocycles. The van der Waals surface area contributed by atoms with Crippen LogP contribution in [0.1, 0.15) is 22.7 Å². The number of fused-ring (bicyclic) bond motifs is 1. The lowest BCUT2D eigenvalue weighted by molar-refractivity contribution is 0.280. The minimum absolute atomic E-state index is 0.0439. The Hall–Kier alpha value is -2.22. The lowest BCUT2D eigenvalue weighted by Crippen LogP contribution is -2.05. The van der Waals surface area contributed by atoms with Crippen LogP contribution in [0.2, 0.25) is 0 Å². The highest BCUT2D eigenvalue weighted by Gasteiger charge is 2.15. The van der Waals surface area contributed by atoms with Crippen molar-refractivity contribution in [2.45, 2.75) is 5.92 Å². The summed E-state index contributed by atoms with van der Waals surface area (Å²) in [6.07, 6.45) is 0. The van der Waals surface area contributed by atoms with Crippen LogP contribution in [0.15, 0.2) is 54.6 Å². The van der Waals surface area contributed by atoms with Crippen LogP contribution in [-0.2, 0) is 0 Å². The van der Waals surface area contributed by atoms with Crippen molar-refractivity contribution >= 4 is 23.7 Å². The molecule has 0 bridgehead atoms. The van der Waals surface area contributed by atoms with Crippen molar-refractivity contribution in [3.8, 4) is 6.07 Å². The van der Waals surface area contributed by atoms with Crippen molar-refractivity contribution in [2.24, 2.45) is 0 Å². The number of aromatic nitrogens is 1. The molecule has 21 heavy (non-hydrogen) atoms. The minimum atomic E-state index is -0.0654. The van der Waals surface area contributed by atoms with E-state index in [1.54, 1.807) is 3.97 Å². The molecule has 0 spiro atoms. The third-order valence-electron chi connectivity index (χ3n) is 3.70. The fourth-order valence-electron chi connectivity index (χ4n) is 2.60. The molecule has 3 rings (SSSR count). The Labute approximate surface area is 128 Å². The van der Waals surface area contributed by atoms with Crippen LogP contribution in [0.3, 0.4) is 0 Å². The lowest BCUT2D eigenvalue weighted by Gasteiger charge is -2.15. The SMILES string of the molecule is N#Cc1cc2cc(C(CO)c3ccccc3)ccc2n1S. The van der Waals surface area contributed by atoms with Crippen LogP contribution in [0.4, 0.5) is 0 Å². The van der Waals surface area contributed by atoms with Gasteiger partial charge < -0.3 is 5.11 Å². The summed E-state index contributed by atoms with van der Waals surface area (Å²) in [6.45, 7) is 0.0439. The standard InChI is InChI=1S/C17H14N2OS/c18-10-15-9-14-8-13(6-7-17(14)19(15)21)16(11-20)12-4-2-1-3-5-12/h1-9,16,20-21H,11H2. The monoisotopic (exact) mass is 294 g/mol. The van der Waals surface area contributed by atoms with Crippen molar-refractivity contribution in [1.82, 2.24) is 3.97 Å². The summed E-state index contributed by atoms with van der Waals surface area (Å²) in [7, 11) is 0. The predicted octanol–water partition coefficient (Wildman–Crippen LogP) is 3.33. The van der Waals surface area contributed by atoms with E-state index in [0.717, 1.165) is 22.0 Å². The molecule has 0 fully saturated rings. The van der Waals surface area contributed by atoms with E-state index in [1.165, 1.54) is 0 Å². The van der Waals surface area contributed by atoms with E-state index in [2.05, 4.69) is 18.9 Å². The van der Waals surface area contributed by atoms with Crippen LogP contribution in [0, 0.1) is 11.3 Å². The second-order valence-electron chi connectivity index (χ2n) is 4.92. The molecule has 0 aliphatic rings. The number of thiol groups is 1. The van der Waals surface area contributed by atoms with Crippen LogP contribution in [-0.4, -0.2) is 15.7 Å². The van der Waals surface area contributed by atoms with Gasteiger partial charge in [0.25, 0.3) is 0 Å².